The van der Waals surface area contributed by atoms with Gasteiger partial charge in [0.25, 0.3) is 0 Å². The second-order valence-corrected chi connectivity index (χ2v) is 4.75. The first-order chi connectivity index (χ1) is 8.81. The molecule has 1 unspecified atom stereocenters. The lowest BCUT2D eigenvalue weighted by molar-refractivity contribution is 0.414. The number of aromatic amines is 1. The van der Waals surface area contributed by atoms with E-state index in [4.69, 9.17) is 4.42 Å². The quantitative estimate of drug-likeness (QED) is 0.771. The molecule has 1 aliphatic rings. The summed E-state index contributed by atoms with van der Waals surface area (Å²) in [6, 6.07) is 6.19. The van der Waals surface area contributed by atoms with Crippen LogP contribution in [0.5, 0.6) is 0 Å². The number of hydrogen-bond acceptors (Lipinski definition) is 4. The maximum absolute atomic E-state index is 11.1. The number of nitrogens with one attached hydrogen (secondary N) is 3. The second kappa shape index (κ2) is 4.86. The smallest absolute Gasteiger partial charge is 0.408 e. The highest BCUT2D eigenvalue weighted by Crippen LogP contribution is 2.16. The Kier molecular flexibility index (Phi) is 3.06. The maximum Gasteiger partial charge on any atom is 0.417 e. The topological polar surface area (TPSA) is 70.1 Å². The van der Waals surface area contributed by atoms with Crippen molar-refractivity contribution >= 4 is 16.8 Å². The Hall–Kier alpha value is -1.75. The standard InChI is InChI=1S/C13H17N3O2/c17-13-16-11-7-9(4-5-12(11)18-13)15-8-10-3-1-2-6-14-10/h4-5,7,10,14-15H,1-3,6,8H2,(H,16,17). The molecule has 18 heavy (non-hydrogen) atoms. The molecule has 5 heteroatoms. The van der Waals surface area contributed by atoms with Crippen molar-refractivity contribution < 1.29 is 4.42 Å². The number of anilines is 1. The van der Waals surface area contributed by atoms with Gasteiger partial charge in [0, 0.05) is 18.3 Å². The second-order valence-electron chi connectivity index (χ2n) is 4.75. The summed E-state index contributed by atoms with van der Waals surface area (Å²) in [5, 5.41) is 6.88. The van der Waals surface area contributed by atoms with Crippen LogP contribution in [0.4, 0.5) is 5.69 Å². The highest BCUT2D eigenvalue weighted by atomic mass is 16.4. The third kappa shape index (κ3) is 2.41. The molecule has 96 valence electrons. The molecule has 0 radical (unpaired) electrons. The molecule has 2 heterocycles. The SMILES string of the molecule is O=c1[nH]c2cc(NCC3CCCCN3)ccc2o1. The number of H-pyrrole nitrogens is 1. The minimum absolute atomic E-state index is 0.406. The van der Waals surface area contributed by atoms with Gasteiger partial charge in [-0.3, -0.25) is 4.98 Å². The van der Waals surface area contributed by atoms with E-state index in [1.54, 1.807) is 0 Å². The fourth-order valence-electron chi connectivity index (χ4n) is 2.40. The first kappa shape index (κ1) is 11.3. The van der Waals surface area contributed by atoms with Crippen LogP contribution in [0.15, 0.2) is 27.4 Å². The van der Waals surface area contributed by atoms with Crippen molar-refractivity contribution in [2.45, 2.75) is 25.3 Å². The molecule has 0 aliphatic carbocycles. The van der Waals surface area contributed by atoms with Gasteiger partial charge in [-0.05, 0) is 37.6 Å². The zero-order valence-electron chi connectivity index (χ0n) is 10.2. The van der Waals surface area contributed by atoms with Crippen molar-refractivity contribution in [1.82, 2.24) is 10.3 Å². The lowest BCUT2D eigenvalue weighted by Gasteiger charge is -2.24. The number of fused-ring (bicyclic) bond motifs is 1. The molecule has 1 atom stereocenters. The largest absolute Gasteiger partial charge is 0.417 e. The summed E-state index contributed by atoms with van der Waals surface area (Å²) < 4.78 is 4.97. The number of aromatic nitrogens is 1. The van der Waals surface area contributed by atoms with E-state index in [-0.39, 0.29) is 0 Å². The van der Waals surface area contributed by atoms with Crippen molar-refractivity contribution in [2.75, 3.05) is 18.4 Å². The van der Waals surface area contributed by atoms with Gasteiger partial charge in [0.15, 0.2) is 5.58 Å². The minimum Gasteiger partial charge on any atom is -0.408 e. The molecule has 0 spiro atoms. The molecule has 3 N–H and O–H groups in total. The van der Waals surface area contributed by atoms with Crippen LogP contribution in [0, 0.1) is 0 Å². The first-order valence-corrected chi connectivity index (χ1v) is 6.41. The molecule has 0 saturated carbocycles. The van der Waals surface area contributed by atoms with E-state index in [0.717, 1.165) is 24.3 Å². The predicted molar refractivity (Wildman–Crippen MR) is 71.0 cm³/mol. The molecule has 1 saturated heterocycles. The van der Waals surface area contributed by atoms with Gasteiger partial charge in [-0.2, -0.15) is 0 Å². The number of rotatable bonds is 3. The molecule has 1 aliphatic heterocycles. The normalized spacial score (nSPS) is 20.1. The maximum atomic E-state index is 11.1. The summed E-state index contributed by atoms with van der Waals surface area (Å²) >= 11 is 0. The van der Waals surface area contributed by atoms with Gasteiger partial charge in [-0.25, -0.2) is 4.79 Å². The molecule has 0 amide bonds. The molecule has 1 aromatic carbocycles. The Labute approximate surface area is 105 Å². The van der Waals surface area contributed by atoms with Gasteiger partial charge >= 0.3 is 5.76 Å². The van der Waals surface area contributed by atoms with Crippen LogP contribution >= 0.6 is 0 Å². The zero-order chi connectivity index (χ0) is 12.4. The van der Waals surface area contributed by atoms with E-state index < -0.39 is 5.76 Å². The molecule has 1 aromatic heterocycles. The van der Waals surface area contributed by atoms with Crippen molar-refractivity contribution in [3.63, 3.8) is 0 Å². The molecule has 1 fully saturated rings. The van der Waals surface area contributed by atoms with Crippen molar-refractivity contribution in [2.24, 2.45) is 0 Å². The van der Waals surface area contributed by atoms with E-state index in [9.17, 15) is 4.79 Å². The van der Waals surface area contributed by atoms with Crippen molar-refractivity contribution in [3.8, 4) is 0 Å². The van der Waals surface area contributed by atoms with Crippen LogP contribution in [0.1, 0.15) is 19.3 Å². The molecule has 3 rings (SSSR count). The lowest BCUT2D eigenvalue weighted by atomic mass is 10.1. The number of piperidine rings is 1. The van der Waals surface area contributed by atoms with E-state index >= 15 is 0 Å². The van der Waals surface area contributed by atoms with Crippen LogP contribution in [-0.4, -0.2) is 24.1 Å². The summed E-state index contributed by atoms with van der Waals surface area (Å²) in [7, 11) is 0. The number of oxazole rings is 1. The first-order valence-electron chi connectivity index (χ1n) is 6.41. The van der Waals surface area contributed by atoms with Crippen LogP contribution in [0.3, 0.4) is 0 Å². The molecular formula is C13H17N3O2. The van der Waals surface area contributed by atoms with Crippen LogP contribution < -0.4 is 16.4 Å². The summed E-state index contributed by atoms with van der Waals surface area (Å²) in [5.41, 5.74) is 2.34. The van der Waals surface area contributed by atoms with Crippen molar-refractivity contribution in [1.29, 1.82) is 0 Å². The average Bonchev–Trinajstić information content (AvgIpc) is 2.77. The van der Waals surface area contributed by atoms with E-state index in [1.165, 1.54) is 19.3 Å². The Morgan fingerprint density at radius 2 is 2.33 bits per heavy atom. The molecule has 0 bridgehead atoms. The fourth-order valence-corrected chi connectivity index (χ4v) is 2.40. The van der Waals surface area contributed by atoms with E-state index in [1.807, 2.05) is 18.2 Å². The minimum atomic E-state index is -0.406. The van der Waals surface area contributed by atoms with Gasteiger partial charge in [-0.15, -0.1) is 0 Å². The highest BCUT2D eigenvalue weighted by Gasteiger charge is 2.11. The lowest BCUT2D eigenvalue weighted by Crippen LogP contribution is -2.39. The molecule has 2 aromatic rings. The van der Waals surface area contributed by atoms with Crippen LogP contribution in [0.2, 0.25) is 0 Å². The fraction of sp³-hybridized carbons (Fsp3) is 0.462. The number of hydrogen-bond donors (Lipinski definition) is 3. The third-order valence-corrected chi connectivity index (χ3v) is 3.38. The zero-order valence-corrected chi connectivity index (χ0v) is 10.2. The average molecular weight is 247 g/mol. The van der Waals surface area contributed by atoms with Gasteiger partial charge in [0.1, 0.15) is 0 Å². The Bertz CT molecular complexity index is 581. The summed E-state index contributed by atoms with van der Waals surface area (Å²) in [4.78, 5) is 13.7. The molecule has 5 nitrogen and oxygen atoms in total. The Morgan fingerprint density at radius 1 is 1.39 bits per heavy atom. The monoisotopic (exact) mass is 247 g/mol. The van der Waals surface area contributed by atoms with Crippen molar-refractivity contribution in [3.05, 3.63) is 28.7 Å². The van der Waals surface area contributed by atoms with Crippen LogP contribution in [-0.2, 0) is 0 Å². The van der Waals surface area contributed by atoms with Gasteiger partial charge in [0.2, 0.25) is 0 Å². The Balaban J connectivity index is 1.68. The van der Waals surface area contributed by atoms with Gasteiger partial charge in [0.05, 0.1) is 5.52 Å². The van der Waals surface area contributed by atoms with Crippen LogP contribution in [0.25, 0.3) is 11.1 Å². The Morgan fingerprint density at radius 3 is 3.17 bits per heavy atom. The van der Waals surface area contributed by atoms with E-state index in [0.29, 0.717) is 11.6 Å². The van der Waals surface area contributed by atoms with Gasteiger partial charge in [-0.1, -0.05) is 6.42 Å². The third-order valence-electron chi connectivity index (χ3n) is 3.38. The summed E-state index contributed by atoms with van der Waals surface area (Å²) in [6.45, 7) is 2.02. The van der Waals surface area contributed by atoms with E-state index in [2.05, 4.69) is 15.6 Å². The number of benzene rings is 1. The highest BCUT2D eigenvalue weighted by molar-refractivity contribution is 5.76. The summed E-state index contributed by atoms with van der Waals surface area (Å²) in [5.74, 6) is -0.406. The predicted octanol–water partition coefficient (Wildman–Crippen LogP) is 1.68. The van der Waals surface area contributed by atoms with Gasteiger partial charge < -0.3 is 15.1 Å². The molecular weight excluding hydrogens is 230 g/mol. The summed E-state index contributed by atoms with van der Waals surface area (Å²) in [6.07, 6.45) is 3.80.